The maximum atomic E-state index is 11.2. The zero-order chi connectivity index (χ0) is 22.0. The van der Waals surface area contributed by atoms with E-state index in [1.165, 1.54) is 84.2 Å². The van der Waals surface area contributed by atoms with Crippen molar-refractivity contribution in [2.45, 2.75) is 147 Å². The topological polar surface area (TPSA) is 76.0 Å². The normalized spacial score (nSPS) is 20.9. The molecule has 0 bridgehead atoms. The zero-order valence-electron chi connectivity index (χ0n) is 19.7. The van der Waals surface area contributed by atoms with Gasteiger partial charge in [-0.05, 0) is 32.1 Å². The highest BCUT2D eigenvalue weighted by atomic mass is 16.5. The van der Waals surface area contributed by atoms with E-state index in [1.54, 1.807) is 0 Å². The Morgan fingerprint density at radius 1 is 0.900 bits per heavy atom. The standard InChI is InChI=1S/C25H48O5/c1-3-4-5-6-7-8-9-10-11-12-13-14-15-22-17-19-24(30-22)23(27)18-16-21(26)20-25(28)29-2/h21-24,26-27H,3-20H2,1-2H3/t21-,22-,23-,24+/m0/s1. The summed E-state index contributed by atoms with van der Waals surface area (Å²) in [7, 11) is 1.31. The largest absolute Gasteiger partial charge is 0.469 e. The molecular formula is C25H48O5. The van der Waals surface area contributed by atoms with Gasteiger partial charge in [-0.2, -0.15) is 0 Å². The van der Waals surface area contributed by atoms with E-state index in [0.717, 1.165) is 19.3 Å². The molecule has 4 atom stereocenters. The van der Waals surface area contributed by atoms with Crippen LogP contribution in [0.15, 0.2) is 0 Å². The van der Waals surface area contributed by atoms with Crippen LogP contribution in [0.2, 0.25) is 0 Å². The van der Waals surface area contributed by atoms with Crippen LogP contribution in [0, 0.1) is 0 Å². The molecule has 0 aromatic carbocycles. The van der Waals surface area contributed by atoms with Crippen molar-refractivity contribution in [3.8, 4) is 0 Å². The predicted molar refractivity (Wildman–Crippen MR) is 121 cm³/mol. The molecule has 0 aromatic heterocycles. The number of hydrogen-bond acceptors (Lipinski definition) is 5. The van der Waals surface area contributed by atoms with Crippen LogP contribution in [-0.2, 0) is 14.3 Å². The number of carbonyl (C=O) groups is 1. The molecular weight excluding hydrogens is 380 g/mol. The Bertz CT molecular complexity index is 414. The lowest BCUT2D eigenvalue weighted by Crippen LogP contribution is -2.28. The fourth-order valence-electron chi connectivity index (χ4n) is 4.37. The Morgan fingerprint density at radius 2 is 1.47 bits per heavy atom. The molecule has 1 saturated heterocycles. The summed E-state index contributed by atoms with van der Waals surface area (Å²) in [4.78, 5) is 11.2. The molecule has 0 aromatic rings. The summed E-state index contributed by atoms with van der Waals surface area (Å²) >= 11 is 0. The number of unbranched alkanes of at least 4 members (excludes halogenated alkanes) is 11. The van der Waals surface area contributed by atoms with Crippen LogP contribution < -0.4 is 0 Å². The van der Waals surface area contributed by atoms with Crippen molar-refractivity contribution < 1.29 is 24.5 Å². The highest BCUT2D eigenvalue weighted by Crippen LogP contribution is 2.28. The maximum Gasteiger partial charge on any atom is 0.308 e. The van der Waals surface area contributed by atoms with Gasteiger partial charge in [0.25, 0.3) is 0 Å². The van der Waals surface area contributed by atoms with E-state index < -0.39 is 18.2 Å². The van der Waals surface area contributed by atoms with Crippen molar-refractivity contribution in [1.82, 2.24) is 0 Å². The molecule has 178 valence electrons. The van der Waals surface area contributed by atoms with Gasteiger partial charge < -0.3 is 19.7 Å². The lowest BCUT2D eigenvalue weighted by atomic mass is 10.0. The second-order valence-corrected chi connectivity index (χ2v) is 9.13. The van der Waals surface area contributed by atoms with Gasteiger partial charge in [0.1, 0.15) is 0 Å². The summed E-state index contributed by atoms with van der Waals surface area (Å²) in [6.45, 7) is 2.27. The molecule has 30 heavy (non-hydrogen) atoms. The molecule has 1 rings (SSSR count). The first-order valence-corrected chi connectivity index (χ1v) is 12.6. The molecule has 0 aliphatic carbocycles. The molecule has 0 amide bonds. The van der Waals surface area contributed by atoms with Crippen molar-refractivity contribution in [3.05, 3.63) is 0 Å². The van der Waals surface area contributed by atoms with Gasteiger partial charge in [0.05, 0.1) is 37.9 Å². The lowest BCUT2D eigenvalue weighted by molar-refractivity contribution is -0.143. The minimum atomic E-state index is -0.759. The third kappa shape index (κ3) is 13.6. The van der Waals surface area contributed by atoms with Gasteiger partial charge in [0.2, 0.25) is 0 Å². The lowest BCUT2D eigenvalue weighted by Gasteiger charge is -2.20. The molecule has 0 saturated carbocycles. The first-order valence-electron chi connectivity index (χ1n) is 12.6. The van der Waals surface area contributed by atoms with E-state index >= 15 is 0 Å². The second-order valence-electron chi connectivity index (χ2n) is 9.13. The minimum absolute atomic E-state index is 0.0175. The summed E-state index contributed by atoms with van der Waals surface area (Å²) in [6, 6.07) is 0. The van der Waals surface area contributed by atoms with Crippen molar-refractivity contribution in [3.63, 3.8) is 0 Å². The summed E-state index contributed by atoms with van der Waals surface area (Å²) < 4.78 is 10.6. The molecule has 0 unspecified atom stereocenters. The fourth-order valence-corrected chi connectivity index (χ4v) is 4.37. The van der Waals surface area contributed by atoms with Crippen molar-refractivity contribution in [1.29, 1.82) is 0 Å². The van der Waals surface area contributed by atoms with Gasteiger partial charge in [-0.15, -0.1) is 0 Å². The highest BCUT2D eigenvalue weighted by molar-refractivity contribution is 5.69. The number of hydrogen-bond donors (Lipinski definition) is 2. The Balaban J connectivity index is 1.95. The number of rotatable bonds is 19. The Kier molecular flexibility index (Phi) is 16.4. The Hall–Kier alpha value is -0.650. The predicted octanol–water partition coefficient (Wildman–Crippen LogP) is 5.69. The van der Waals surface area contributed by atoms with E-state index in [1.807, 2.05) is 0 Å². The fraction of sp³-hybridized carbons (Fsp3) is 0.960. The van der Waals surface area contributed by atoms with Gasteiger partial charge in [-0.3, -0.25) is 4.79 Å². The number of esters is 1. The maximum absolute atomic E-state index is 11.2. The number of ether oxygens (including phenoxy) is 2. The van der Waals surface area contributed by atoms with Crippen molar-refractivity contribution in [2.24, 2.45) is 0 Å². The van der Waals surface area contributed by atoms with Gasteiger partial charge in [-0.1, -0.05) is 84.0 Å². The summed E-state index contributed by atoms with van der Waals surface area (Å²) in [5, 5.41) is 20.1. The second kappa shape index (κ2) is 18.0. The summed E-state index contributed by atoms with van der Waals surface area (Å²) in [6.07, 6.45) is 19.0. The van der Waals surface area contributed by atoms with Crippen LogP contribution in [-0.4, -0.2) is 47.7 Å². The van der Waals surface area contributed by atoms with E-state index in [2.05, 4.69) is 11.7 Å². The van der Waals surface area contributed by atoms with E-state index in [9.17, 15) is 15.0 Å². The first-order chi connectivity index (χ1) is 14.6. The summed E-state index contributed by atoms with van der Waals surface area (Å²) in [5.41, 5.74) is 0. The minimum Gasteiger partial charge on any atom is -0.469 e. The molecule has 1 fully saturated rings. The molecule has 1 aliphatic heterocycles. The van der Waals surface area contributed by atoms with Gasteiger partial charge in [0.15, 0.2) is 0 Å². The highest BCUT2D eigenvalue weighted by Gasteiger charge is 2.30. The van der Waals surface area contributed by atoms with Crippen LogP contribution in [0.5, 0.6) is 0 Å². The quantitative estimate of drug-likeness (QED) is 0.204. The molecule has 1 aliphatic rings. The zero-order valence-corrected chi connectivity index (χ0v) is 19.7. The van der Waals surface area contributed by atoms with Gasteiger partial charge in [-0.25, -0.2) is 0 Å². The third-order valence-electron chi connectivity index (χ3n) is 6.37. The third-order valence-corrected chi connectivity index (χ3v) is 6.37. The molecule has 0 spiro atoms. The Labute approximate surface area is 184 Å². The van der Waals surface area contributed by atoms with E-state index in [-0.39, 0.29) is 18.6 Å². The van der Waals surface area contributed by atoms with Crippen LogP contribution >= 0.6 is 0 Å². The van der Waals surface area contributed by atoms with E-state index in [4.69, 9.17) is 4.74 Å². The van der Waals surface area contributed by atoms with Crippen molar-refractivity contribution >= 4 is 5.97 Å². The average molecular weight is 429 g/mol. The van der Waals surface area contributed by atoms with Gasteiger partial charge in [0, 0.05) is 0 Å². The number of aliphatic hydroxyl groups is 2. The number of aliphatic hydroxyl groups excluding tert-OH is 2. The molecule has 2 N–H and O–H groups in total. The van der Waals surface area contributed by atoms with Gasteiger partial charge >= 0.3 is 5.97 Å². The van der Waals surface area contributed by atoms with Crippen LogP contribution in [0.25, 0.3) is 0 Å². The molecule has 0 radical (unpaired) electrons. The van der Waals surface area contributed by atoms with Crippen LogP contribution in [0.1, 0.15) is 122 Å². The number of carbonyl (C=O) groups excluding carboxylic acids is 1. The van der Waals surface area contributed by atoms with E-state index in [0.29, 0.717) is 12.8 Å². The Morgan fingerprint density at radius 3 is 2.03 bits per heavy atom. The summed E-state index contributed by atoms with van der Waals surface area (Å²) in [5.74, 6) is -0.420. The van der Waals surface area contributed by atoms with Crippen LogP contribution in [0.4, 0.5) is 0 Å². The van der Waals surface area contributed by atoms with Crippen molar-refractivity contribution in [2.75, 3.05) is 7.11 Å². The average Bonchev–Trinajstić information content (AvgIpc) is 3.21. The monoisotopic (exact) mass is 428 g/mol. The smallest absolute Gasteiger partial charge is 0.308 e. The SMILES string of the molecule is CCCCCCCCCCCCCC[C@H]1CC[C@H]([C@@H](O)CC[C@H](O)CC(=O)OC)O1. The number of methoxy groups -OCH3 is 1. The molecule has 5 heteroatoms. The molecule has 1 heterocycles. The van der Waals surface area contributed by atoms with Crippen LogP contribution in [0.3, 0.4) is 0 Å². The molecule has 5 nitrogen and oxygen atoms in total. The first kappa shape index (κ1) is 27.4.